The Morgan fingerprint density at radius 1 is 1.00 bits per heavy atom. The van der Waals surface area contributed by atoms with E-state index in [-0.39, 0.29) is 22.0 Å². The molecule has 0 bridgehead atoms. The monoisotopic (exact) mass is 370 g/mol. The third-order valence-electron chi connectivity index (χ3n) is 3.25. The predicted octanol–water partition coefficient (Wildman–Crippen LogP) is 3.85. The van der Waals surface area contributed by atoms with Gasteiger partial charge in [0, 0.05) is 10.6 Å². The molecule has 1 amide bonds. The first-order valence-electron chi connectivity index (χ1n) is 6.77. The van der Waals surface area contributed by atoms with Crippen molar-refractivity contribution in [3.63, 3.8) is 0 Å². The van der Waals surface area contributed by atoms with Crippen LogP contribution >= 0.6 is 23.2 Å². The highest BCUT2D eigenvalue weighted by molar-refractivity contribution is 6.37. The fourth-order valence-corrected chi connectivity index (χ4v) is 2.68. The third kappa shape index (κ3) is 3.60. The molecule has 0 atom stereocenters. The lowest BCUT2D eigenvalue weighted by molar-refractivity contribution is 0.102. The van der Waals surface area contributed by atoms with Gasteiger partial charge in [0.15, 0.2) is 11.5 Å². The Kier molecular flexibility index (Phi) is 5.64. The van der Waals surface area contributed by atoms with E-state index in [1.165, 1.54) is 45.6 Å². The number of carbonyl (C=O) groups excluding carboxylic acids is 1. The fraction of sp³-hybridized carbons (Fsp3) is 0.188. The molecule has 8 heteroatoms. The van der Waals surface area contributed by atoms with E-state index in [1.807, 2.05) is 0 Å². The maximum Gasteiger partial charge on any atom is 0.256 e. The van der Waals surface area contributed by atoms with Gasteiger partial charge in [0.2, 0.25) is 5.75 Å². The van der Waals surface area contributed by atoms with Gasteiger partial charge in [-0.25, -0.2) is 0 Å². The summed E-state index contributed by atoms with van der Waals surface area (Å²) in [6.45, 7) is 0. The first-order valence-corrected chi connectivity index (χ1v) is 7.52. The number of hydrogen-bond acceptors (Lipinski definition) is 5. The highest BCUT2D eigenvalue weighted by Crippen LogP contribution is 2.39. The Morgan fingerprint density at radius 2 is 1.58 bits per heavy atom. The number of rotatable bonds is 5. The van der Waals surface area contributed by atoms with E-state index in [2.05, 4.69) is 5.32 Å². The molecule has 0 saturated carbocycles. The van der Waals surface area contributed by atoms with Crippen LogP contribution in [-0.2, 0) is 0 Å². The molecular formula is C16H16Cl2N2O4. The zero-order valence-corrected chi connectivity index (χ0v) is 14.8. The molecule has 0 aliphatic carbocycles. The van der Waals surface area contributed by atoms with E-state index in [9.17, 15) is 4.79 Å². The van der Waals surface area contributed by atoms with E-state index in [1.54, 1.807) is 0 Å². The highest BCUT2D eigenvalue weighted by Gasteiger charge is 2.18. The summed E-state index contributed by atoms with van der Waals surface area (Å²) >= 11 is 11.9. The summed E-state index contributed by atoms with van der Waals surface area (Å²) < 4.78 is 15.7. The molecule has 24 heavy (non-hydrogen) atoms. The van der Waals surface area contributed by atoms with Gasteiger partial charge in [0.1, 0.15) is 0 Å². The molecule has 0 saturated heterocycles. The first kappa shape index (κ1) is 18.0. The number of carbonyl (C=O) groups is 1. The van der Waals surface area contributed by atoms with E-state index >= 15 is 0 Å². The Hall–Kier alpha value is -2.31. The summed E-state index contributed by atoms with van der Waals surface area (Å²) in [5.41, 5.74) is 6.68. The summed E-state index contributed by atoms with van der Waals surface area (Å²) in [6.07, 6.45) is 0. The molecule has 0 fully saturated rings. The van der Waals surface area contributed by atoms with E-state index in [0.717, 1.165) is 0 Å². The maximum atomic E-state index is 12.5. The number of benzene rings is 2. The SMILES string of the molecule is COc1cc(C(=O)Nc2c(N)cc(Cl)cc2Cl)cc(OC)c1OC. The zero-order valence-electron chi connectivity index (χ0n) is 13.3. The predicted molar refractivity (Wildman–Crippen MR) is 94.9 cm³/mol. The van der Waals surface area contributed by atoms with Gasteiger partial charge in [-0.1, -0.05) is 23.2 Å². The molecule has 2 rings (SSSR count). The molecule has 3 N–H and O–H groups in total. The summed E-state index contributed by atoms with van der Waals surface area (Å²) in [5, 5.41) is 3.27. The average Bonchev–Trinajstić information content (AvgIpc) is 2.56. The average molecular weight is 371 g/mol. The normalized spacial score (nSPS) is 10.2. The van der Waals surface area contributed by atoms with Crippen LogP contribution in [0.15, 0.2) is 24.3 Å². The van der Waals surface area contributed by atoms with Crippen LogP contribution in [0.4, 0.5) is 11.4 Å². The Balaban J connectivity index is 2.40. The molecule has 128 valence electrons. The first-order chi connectivity index (χ1) is 11.4. The molecule has 2 aromatic rings. The van der Waals surface area contributed by atoms with Gasteiger partial charge in [-0.3, -0.25) is 4.79 Å². The molecular weight excluding hydrogens is 355 g/mol. The van der Waals surface area contributed by atoms with Crippen LogP contribution in [0, 0.1) is 0 Å². The molecule has 0 aliphatic heterocycles. The van der Waals surface area contributed by atoms with Crippen molar-refractivity contribution >= 4 is 40.5 Å². The molecule has 0 spiro atoms. The van der Waals surface area contributed by atoms with Gasteiger partial charge >= 0.3 is 0 Å². The van der Waals surface area contributed by atoms with Crippen molar-refractivity contribution in [2.24, 2.45) is 0 Å². The Morgan fingerprint density at radius 3 is 2.04 bits per heavy atom. The molecule has 6 nitrogen and oxygen atoms in total. The van der Waals surface area contributed by atoms with Crippen LogP contribution in [-0.4, -0.2) is 27.2 Å². The minimum absolute atomic E-state index is 0.237. The molecule has 0 aromatic heterocycles. The quantitative estimate of drug-likeness (QED) is 0.780. The number of hydrogen-bond donors (Lipinski definition) is 2. The summed E-state index contributed by atoms with van der Waals surface area (Å²) in [6, 6.07) is 6.04. The summed E-state index contributed by atoms with van der Waals surface area (Å²) in [4.78, 5) is 12.5. The number of nitrogen functional groups attached to an aromatic ring is 1. The van der Waals surface area contributed by atoms with Crippen LogP contribution in [0.2, 0.25) is 10.0 Å². The number of nitrogens with one attached hydrogen (secondary N) is 1. The highest BCUT2D eigenvalue weighted by atomic mass is 35.5. The Bertz CT molecular complexity index is 733. The maximum absolute atomic E-state index is 12.5. The fourth-order valence-electron chi connectivity index (χ4n) is 2.12. The minimum Gasteiger partial charge on any atom is -0.493 e. The van der Waals surface area contributed by atoms with Gasteiger partial charge in [0.05, 0.1) is 37.7 Å². The smallest absolute Gasteiger partial charge is 0.256 e. The van der Waals surface area contributed by atoms with Crippen LogP contribution < -0.4 is 25.3 Å². The van der Waals surface area contributed by atoms with E-state index < -0.39 is 5.91 Å². The van der Waals surface area contributed by atoms with Crippen molar-refractivity contribution in [3.05, 3.63) is 39.9 Å². The van der Waals surface area contributed by atoms with Crippen molar-refractivity contribution in [2.45, 2.75) is 0 Å². The van der Waals surface area contributed by atoms with Gasteiger partial charge in [-0.2, -0.15) is 0 Å². The lowest BCUT2D eigenvalue weighted by Crippen LogP contribution is -2.14. The molecule has 0 heterocycles. The van der Waals surface area contributed by atoms with Crippen molar-refractivity contribution in [1.82, 2.24) is 0 Å². The second-order valence-electron chi connectivity index (χ2n) is 4.72. The molecule has 2 aromatic carbocycles. The number of halogens is 2. The summed E-state index contributed by atoms with van der Waals surface area (Å²) in [7, 11) is 4.41. The van der Waals surface area contributed by atoms with Gasteiger partial charge in [-0.05, 0) is 24.3 Å². The number of ether oxygens (including phenoxy) is 3. The largest absolute Gasteiger partial charge is 0.493 e. The minimum atomic E-state index is -0.440. The zero-order chi connectivity index (χ0) is 17.9. The van der Waals surface area contributed by atoms with E-state index in [0.29, 0.717) is 22.3 Å². The van der Waals surface area contributed by atoms with Crippen LogP contribution in [0.5, 0.6) is 17.2 Å². The lowest BCUT2D eigenvalue weighted by atomic mass is 10.1. The van der Waals surface area contributed by atoms with Crippen LogP contribution in [0.1, 0.15) is 10.4 Å². The van der Waals surface area contributed by atoms with Crippen molar-refractivity contribution < 1.29 is 19.0 Å². The molecule has 0 unspecified atom stereocenters. The second-order valence-corrected chi connectivity index (χ2v) is 5.56. The Labute approximate surface area is 149 Å². The number of methoxy groups -OCH3 is 3. The van der Waals surface area contributed by atoms with Crippen molar-refractivity contribution in [1.29, 1.82) is 0 Å². The third-order valence-corrected chi connectivity index (χ3v) is 3.77. The number of anilines is 2. The second kappa shape index (κ2) is 7.51. The molecule has 0 aliphatic rings. The van der Waals surface area contributed by atoms with Crippen molar-refractivity contribution in [3.8, 4) is 17.2 Å². The summed E-state index contributed by atoms with van der Waals surface area (Å²) in [5.74, 6) is 0.667. The van der Waals surface area contributed by atoms with Crippen LogP contribution in [0.25, 0.3) is 0 Å². The standard InChI is InChI=1S/C16H16Cl2N2O4/c1-22-12-4-8(5-13(23-2)15(12)24-3)16(21)20-14-10(18)6-9(17)7-11(14)19/h4-7H,19H2,1-3H3,(H,20,21). The van der Waals surface area contributed by atoms with E-state index in [4.69, 9.17) is 43.1 Å². The lowest BCUT2D eigenvalue weighted by Gasteiger charge is -2.15. The van der Waals surface area contributed by atoms with Crippen LogP contribution in [0.3, 0.4) is 0 Å². The van der Waals surface area contributed by atoms with Crippen molar-refractivity contribution in [2.75, 3.05) is 32.4 Å². The topological polar surface area (TPSA) is 82.8 Å². The van der Waals surface area contributed by atoms with Gasteiger partial charge in [-0.15, -0.1) is 0 Å². The number of amides is 1. The number of nitrogens with two attached hydrogens (primary N) is 1. The van der Waals surface area contributed by atoms with Gasteiger partial charge in [0.25, 0.3) is 5.91 Å². The van der Waals surface area contributed by atoms with Gasteiger partial charge < -0.3 is 25.3 Å². The molecule has 0 radical (unpaired) electrons.